The van der Waals surface area contributed by atoms with Gasteiger partial charge in [-0.1, -0.05) is 11.6 Å². The maximum absolute atomic E-state index is 13.5. The molecule has 0 radical (unpaired) electrons. The van der Waals surface area contributed by atoms with E-state index in [9.17, 15) is 4.79 Å². The van der Waals surface area contributed by atoms with Crippen LogP contribution in [0.2, 0.25) is 5.02 Å². The Morgan fingerprint density at radius 2 is 1.93 bits per heavy atom. The van der Waals surface area contributed by atoms with E-state index in [0.29, 0.717) is 11.6 Å². The topological polar surface area (TPSA) is 78.0 Å². The predicted molar refractivity (Wildman–Crippen MR) is 117 cm³/mol. The number of carbonyl (C=O) groups is 1. The zero-order valence-electron chi connectivity index (χ0n) is 16.8. The van der Waals surface area contributed by atoms with E-state index in [0.717, 1.165) is 66.8 Å². The molecule has 0 unspecified atom stereocenters. The Morgan fingerprint density at radius 3 is 2.70 bits per heavy atom. The van der Waals surface area contributed by atoms with Crippen molar-refractivity contribution in [1.82, 2.24) is 19.9 Å². The van der Waals surface area contributed by atoms with Gasteiger partial charge in [-0.25, -0.2) is 15.0 Å². The molecule has 1 amide bonds. The van der Waals surface area contributed by atoms with Crippen LogP contribution in [0.3, 0.4) is 0 Å². The molecule has 1 N–H and O–H groups in total. The van der Waals surface area contributed by atoms with Crippen molar-refractivity contribution in [3.8, 4) is 11.3 Å². The number of rotatable bonds is 2. The quantitative estimate of drug-likeness (QED) is 0.682. The van der Waals surface area contributed by atoms with Crippen LogP contribution in [0, 0.1) is 12.8 Å². The summed E-state index contributed by atoms with van der Waals surface area (Å²) in [4.78, 5) is 34.3. The highest BCUT2D eigenvalue weighted by Crippen LogP contribution is 2.38. The van der Waals surface area contributed by atoms with E-state index in [1.54, 1.807) is 12.4 Å². The number of aromatic nitrogens is 4. The summed E-state index contributed by atoms with van der Waals surface area (Å²) in [6.45, 7) is 4.14. The van der Waals surface area contributed by atoms with Crippen LogP contribution in [0.1, 0.15) is 24.4 Å². The summed E-state index contributed by atoms with van der Waals surface area (Å²) in [5.41, 5.74) is 3.77. The van der Waals surface area contributed by atoms with Gasteiger partial charge < -0.3 is 14.8 Å². The zero-order chi connectivity index (χ0) is 20.7. The molecule has 0 saturated carbocycles. The number of halogens is 1. The van der Waals surface area contributed by atoms with Crippen LogP contribution in [0.25, 0.3) is 11.3 Å². The molecule has 8 heteroatoms. The minimum atomic E-state index is -0.0142. The molecule has 0 bridgehead atoms. The van der Waals surface area contributed by atoms with Crippen LogP contribution >= 0.6 is 11.6 Å². The number of fused-ring (bicyclic) bond motifs is 3. The Balaban J connectivity index is 1.39. The van der Waals surface area contributed by atoms with Crippen molar-refractivity contribution in [3.05, 3.63) is 53.2 Å². The van der Waals surface area contributed by atoms with Gasteiger partial charge in [0.25, 0.3) is 0 Å². The van der Waals surface area contributed by atoms with Gasteiger partial charge in [-0.3, -0.25) is 4.79 Å². The largest absolute Gasteiger partial charge is 0.346 e. The average Bonchev–Trinajstić information content (AvgIpc) is 3.09. The summed E-state index contributed by atoms with van der Waals surface area (Å²) < 4.78 is 0. The van der Waals surface area contributed by atoms with E-state index in [-0.39, 0.29) is 11.8 Å². The molecule has 2 aliphatic rings. The first kappa shape index (κ1) is 19.1. The Kier molecular flexibility index (Phi) is 4.90. The highest BCUT2D eigenvalue weighted by atomic mass is 35.5. The van der Waals surface area contributed by atoms with Gasteiger partial charge in [-0.15, -0.1) is 0 Å². The fourth-order valence-electron chi connectivity index (χ4n) is 4.45. The van der Waals surface area contributed by atoms with Crippen LogP contribution in [0.5, 0.6) is 0 Å². The molecule has 30 heavy (non-hydrogen) atoms. The molecule has 2 aromatic heterocycles. The number of anilines is 2. The Bertz CT molecular complexity index is 1070. The standard InChI is InChI=1S/C22H23ClN6O/c1-14-26-18-7-12-29(19-4-3-16(23)13-17(19)20(18)27-14)21(30)15-5-10-28(11-6-15)22-24-8-2-9-25-22/h2-4,8-9,13,15H,5-7,10-12H2,1H3,(H,26,27). The molecule has 154 valence electrons. The number of hydrogen-bond acceptors (Lipinski definition) is 5. The van der Waals surface area contributed by atoms with E-state index in [4.69, 9.17) is 11.6 Å². The fraction of sp³-hybridized carbons (Fsp3) is 0.364. The summed E-state index contributed by atoms with van der Waals surface area (Å²) in [7, 11) is 0. The minimum absolute atomic E-state index is 0.0142. The summed E-state index contributed by atoms with van der Waals surface area (Å²) in [5, 5.41) is 0.644. The maximum Gasteiger partial charge on any atom is 0.230 e. The third-order valence-corrected chi connectivity index (χ3v) is 6.17. The summed E-state index contributed by atoms with van der Waals surface area (Å²) in [6, 6.07) is 7.52. The first-order valence-corrected chi connectivity index (χ1v) is 10.7. The van der Waals surface area contributed by atoms with Crippen molar-refractivity contribution in [3.63, 3.8) is 0 Å². The average molecular weight is 423 g/mol. The second kappa shape index (κ2) is 7.72. The molecule has 7 nitrogen and oxygen atoms in total. The lowest BCUT2D eigenvalue weighted by molar-refractivity contribution is -0.123. The zero-order valence-corrected chi connectivity index (χ0v) is 17.6. The van der Waals surface area contributed by atoms with Crippen LogP contribution in [0.4, 0.5) is 11.6 Å². The molecular formula is C22H23ClN6O. The van der Waals surface area contributed by atoms with Gasteiger partial charge in [0.2, 0.25) is 11.9 Å². The third kappa shape index (κ3) is 3.43. The van der Waals surface area contributed by atoms with Gasteiger partial charge in [0, 0.05) is 60.6 Å². The summed E-state index contributed by atoms with van der Waals surface area (Å²) >= 11 is 6.29. The highest BCUT2D eigenvalue weighted by molar-refractivity contribution is 6.31. The minimum Gasteiger partial charge on any atom is -0.346 e. The second-order valence-corrected chi connectivity index (χ2v) is 8.30. The van der Waals surface area contributed by atoms with Crippen LogP contribution in [-0.2, 0) is 11.2 Å². The Morgan fingerprint density at radius 1 is 1.17 bits per heavy atom. The maximum atomic E-state index is 13.5. The first-order chi connectivity index (χ1) is 14.6. The first-order valence-electron chi connectivity index (χ1n) is 10.3. The number of nitrogens with zero attached hydrogens (tertiary/aromatic N) is 5. The highest BCUT2D eigenvalue weighted by Gasteiger charge is 2.33. The van der Waals surface area contributed by atoms with Crippen molar-refractivity contribution in [2.75, 3.05) is 29.4 Å². The lowest BCUT2D eigenvalue weighted by Gasteiger charge is -2.34. The van der Waals surface area contributed by atoms with E-state index in [1.165, 1.54) is 0 Å². The van der Waals surface area contributed by atoms with E-state index >= 15 is 0 Å². The second-order valence-electron chi connectivity index (χ2n) is 7.86. The smallest absolute Gasteiger partial charge is 0.230 e. The van der Waals surface area contributed by atoms with Crippen LogP contribution < -0.4 is 9.80 Å². The predicted octanol–water partition coefficient (Wildman–Crippen LogP) is 3.63. The van der Waals surface area contributed by atoms with Gasteiger partial charge in [0.15, 0.2) is 0 Å². The van der Waals surface area contributed by atoms with E-state index in [2.05, 4.69) is 24.8 Å². The number of carbonyl (C=O) groups excluding carboxylic acids is 1. The Hall–Kier alpha value is -2.93. The fourth-order valence-corrected chi connectivity index (χ4v) is 4.62. The van der Waals surface area contributed by atoms with Crippen molar-refractivity contribution >= 4 is 29.1 Å². The van der Waals surface area contributed by atoms with Gasteiger partial charge in [0.05, 0.1) is 11.4 Å². The van der Waals surface area contributed by atoms with Gasteiger partial charge in [0.1, 0.15) is 5.82 Å². The number of amides is 1. The monoisotopic (exact) mass is 422 g/mol. The molecule has 0 aliphatic carbocycles. The molecule has 0 spiro atoms. The molecule has 4 heterocycles. The van der Waals surface area contributed by atoms with E-state index < -0.39 is 0 Å². The molecule has 3 aromatic rings. The van der Waals surface area contributed by atoms with Gasteiger partial charge >= 0.3 is 0 Å². The van der Waals surface area contributed by atoms with Crippen molar-refractivity contribution in [1.29, 1.82) is 0 Å². The molecule has 1 fully saturated rings. The molecule has 2 aliphatic heterocycles. The lowest BCUT2D eigenvalue weighted by atomic mass is 9.95. The number of H-pyrrole nitrogens is 1. The number of piperidine rings is 1. The summed E-state index contributed by atoms with van der Waals surface area (Å²) in [5.74, 6) is 1.77. The number of hydrogen-bond donors (Lipinski definition) is 1. The van der Waals surface area contributed by atoms with Crippen LogP contribution in [0.15, 0.2) is 36.7 Å². The Labute approximate surface area is 180 Å². The van der Waals surface area contributed by atoms with Crippen molar-refractivity contribution in [2.24, 2.45) is 5.92 Å². The molecule has 1 aromatic carbocycles. The van der Waals surface area contributed by atoms with Crippen molar-refractivity contribution < 1.29 is 4.79 Å². The van der Waals surface area contributed by atoms with Crippen molar-refractivity contribution in [2.45, 2.75) is 26.2 Å². The molecule has 1 saturated heterocycles. The normalized spacial score (nSPS) is 16.7. The molecule has 5 rings (SSSR count). The number of aryl methyl sites for hydroxylation is 1. The van der Waals surface area contributed by atoms with Gasteiger partial charge in [-0.2, -0.15) is 0 Å². The molecular weight excluding hydrogens is 400 g/mol. The third-order valence-electron chi connectivity index (χ3n) is 5.93. The SMILES string of the molecule is Cc1nc2c([nH]1)CCN(C(=O)C1CCN(c3ncccn3)CC1)c1ccc(Cl)cc1-2. The van der Waals surface area contributed by atoms with Gasteiger partial charge in [-0.05, 0) is 44.0 Å². The number of aromatic amines is 1. The lowest BCUT2D eigenvalue weighted by Crippen LogP contribution is -2.43. The number of benzene rings is 1. The summed E-state index contributed by atoms with van der Waals surface area (Å²) in [6.07, 6.45) is 5.83. The number of nitrogens with one attached hydrogen (secondary N) is 1. The number of imidazole rings is 1. The molecule has 0 atom stereocenters. The van der Waals surface area contributed by atoms with Crippen LogP contribution in [-0.4, -0.2) is 45.5 Å². The van der Waals surface area contributed by atoms with E-state index in [1.807, 2.05) is 36.1 Å².